The molecule has 0 aromatic carbocycles. The zero-order valence-electron chi connectivity index (χ0n) is 15.5. The second-order valence-electron chi connectivity index (χ2n) is 8.08. The van der Waals surface area contributed by atoms with Crippen molar-refractivity contribution < 1.29 is 4.79 Å². The van der Waals surface area contributed by atoms with Crippen molar-refractivity contribution in [3.8, 4) is 11.5 Å². The zero-order valence-corrected chi connectivity index (χ0v) is 15.5. The van der Waals surface area contributed by atoms with Crippen molar-refractivity contribution in [2.24, 2.45) is 5.41 Å². The van der Waals surface area contributed by atoms with Crippen LogP contribution < -0.4 is 0 Å². The van der Waals surface area contributed by atoms with Crippen LogP contribution in [0, 0.1) is 12.3 Å². The summed E-state index contributed by atoms with van der Waals surface area (Å²) in [6, 6.07) is 2.01. The molecular formula is C19H27N5O. The van der Waals surface area contributed by atoms with Crippen LogP contribution in [0.2, 0.25) is 0 Å². The van der Waals surface area contributed by atoms with Gasteiger partial charge in [0.2, 0.25) is 5.91 Å². The molecule has 25 heavy (non-hydrogen) atoms. The summed E-state index contributed by atoms with van der Waals surface area (Å²) < 4.78 is 0. The van der Waals surface area contributed by atoms with Gasteiger partial charge in [-0.1, -0.05) is 20.8 Å². The minimum atomic E-state index is 0.0159. The molecule has 0 bridgehead atoms. The zero-order chi connectivity index (χ0) is 18.0. The highest BCUT2D eigenvalue weighted by atomic mass is 16.2. The van der Waals surface area contributed by atoms with Gasteiger partial charge in [-0.25, -0.2) is 15.0 Å². The molecule has 3 rings (SSSR count). The summed E-state index contributed by atoms with van der Waals surface area (Å²) in [7, 11) is 0. The minimum absolute atomic E-state index is 0.0159. The molecule has 1 fully saturated rings. The first kappa shape index (κ1) is 17.6. The van der Waals surface area contributed by atoms with E-state index in [2.05, 4.69) is 40.7 Å². The molecule has 1 amide bonds. The first-order valence-electron chi connectivity index (χ1n) is 8.95. The van der Waals surface area contributed by atoms with Crippen molar-refractivity contribution >= 4 is 5.91 Å². The van der Waals surface area contributed by atoms with E-state index in [1.54, 1.807) is 12.4 Å². The van der Waals surface area contributed by atoms with Crippen LogP contribution in [-0.2, 0) is 4.79 Å². The Morgan fingerprint density at radius 2 is 2.16 bits per heavy atom. The molecule has 2 aromatic heterocycles. The van der Waals surface area contributed by atoms with Gasteiger partial charge in [0.25, 0.3) is 0 Å². The first-order chi connectivity index (χ1) is 11.8. The maximum Gasteiger partial charge on any atom is 0.223 e. The van der Waals surface area contributed by atoms with Gasteiger partial charge in [0, 0.05) is 43.5 Å². The number of piperidine rings is 1. The van der Waals surface area contributed by atoms with Gasteiger partial charge in [-0.15, -0.1) is 0 Å². The van der Waals surface area contributed by atoms with Crippen molar-refractivity contribution in [2.45, 2.75) is 52.9 Å². The summed E-state index contributed by atoms with van der Waals surface area (Å²) in [6.45, 7) is 9.81. The predicted octanol–water partition coefficient (Wildman–Crippen LogP) is 3.32. The first-order valence-corrected chi connectivity index (χ1v) is 8.95. The Bertz CT molecular complexity index is 733. The highest BCUT2D eigenvalue weighted by molar-refractivity contribution is 5.77. The number of imidazole rings is 1. The van der Waals surface area contributed by atoms with Crippen LogP contribution in [0.1, 0.15) is 57.5 Å². The molecular weight excluding hydrogens is 314 g/mol. The third kappa shape index (κ3) is 4.44. The van der Waals surface area contributed by atoms with E-state index in [0.717, 1.165) is 49.0 Å². The third-order valence-corrected chi connectivity index (χ3v) is 4.47. The van der Waals surface area contributed by atoms with Crippen LogP contribution in [0.5, 0.6) is 0 Å². The standard InChI is InChI=1S/C19H27N5O/c1-13-22-15(10-16(23-13)18-20-7-8-21-18)14-6-5-9-24(12-14)17(25)11-19(2,3)4/h7-8,10,14H,5-6,9,11-12H2,1-4H3,(H,20,21)/t14-/m0/s1. The van der Waals surface area contributed by atoms with Crippen LogP contribution in [0.4, 0.5) is 0 Å². The fourth-order valence-electron chi connectivity index (χ4n) is 3.34. The molecule has 1 N–H and O–H groups in total. The average Bonchev–Trinajstić information content (AvgIpc) is 3.07. The summed E-state index contributed by atoms with van der Waals surface area (Å²) in [4.78, 5) is 31.1. The SMILES string of the molecule is Cc1nc(-c2ncc[nH]2)cc([C@H]2CCCN(C(=O)CC(C)(C)C)C2)n1. The number of hydrogen-bond acceptors (Lipinski definition) is 4. The number of aromatic amines is 1. The fourth-order valence-corrected chi connectivity index (χ4v) is 3.34. The van der Waals surface area contributed by atoms with Gasteiger partial charge in [-0.2, -0.15) is 0 Å². The largest absolute Gasteiger partial charge is 0.343 e. The Kier molecular flexibility index (Phi) is 4.88. The van der Waals surface area contributed by atoms with Gasteiger partial charge in [0.1, 0.15) is 11.5 Å². The summed E-state index contributed by atoms with van der Waals surface area (Å²) in [5, 5.41) is 0. The number of likely N-dealkylation sites (tertiary alicyclic amines) is 1. The Balaban J connectivity index is 1.78. The van der Waals surface area contributed by atoms with Crippen molar-refractivity contribution in [3.63, 3.8) is 0 Å². The smallest absolute Gasteiger partial charge is 0.223 e. The molecule has 1 aliphatic rings. The number of rotatable bonds is 3. The van der Waals surface area contributed by atoms with Gasteiger partial charge >= 0.3 is 0 Å². The Morgan fingerprint density at radius 3 is 2.84 bits per heavy atom. The number of nitrogens with one attached hydrogen (secondary N) is 1. The highest BCUT2D eigenvalue weighted by Gasteiger charge is 2.28. The van der Waals surface area contributed by atoms with Gasteiger partial charge in [-0.05, 0) is 31.2 Å². The summed E-state index contributed by atoms with van der Waals surface area (Å²) in [5.74, 6) is 1.99. The van der Waals surface area contributed by atoms with Gasteiger partial charge < -0.3 is 9.88 Å². The monoisotopic (exact) mass is 341 g/mol. The normalized spacial score (nSPS) is 18.4. The molecule has 2 aromatic rings. The van der Waals surface area contributed by atoms with E-state index in [0.29, 0.717) is 6.42 Å². The van der Waals surface area contributed by atoms with E-state index in [4.69, 9.17) is 0 Å². The van der Waals surface area contributed by atoms with E-state index in [-0.39, 0.29) is 17.2 Å². The molecule has 0 spiro atoms. The molecule has 1 atom stereocenters. The topological polar surface area (TPSA) is 74.8 Å². The van der Waals surface area contributed by atoms with Gasteiger partial charge in [0.15, 0.2) is 5.82 Å². The van der Waals surface area contributed by atoms with Gasteiger partial charge in [0.05, 0.1) is 0 Å². The molecule has 0 unspecified atom stereocenters. The number of amides is 1. The van der Waals surface area contributed by atoms with E-state index in [9.17, 15) is 4.79 Å². The number of H-pyrrole nitrogens is 1. The molecule has 0 aliphatic carbocycles. The third-order valence-electron chi connectivity index (χ3n) is 4.47. The highest BCUT2D eigenvalue weighted by Crippen LogP contribution is 2.29. The van der Waals surface area contributed by atoms with E-state index in [1.165, 1.54) is 0 Å². The lowest BCUT2D eigenvalue weighted by molar-refractivity contribution is -0.134. The number of hydrogen-bond donors (Lipinski definition) is 1. The Morgan fingerprint density at radius 1 is 1.36 bits per heavy atom. The molecule has 0 saturated carbocycles. The lowest BCUT2D eigenvalue weighted by Gasteiger charge is -2.34. The van der Waals surface area contributed by atoms with Crippen LogP contribution in [0.15, 0.2) is 18.5 Å². The van der Waals surface area contributed by atoms with Gasteiger partial charge in [-0.3, -0.25) is 4.79 Å². The molecule has 1 saturated heterocycles. The average molecular weight is 341 g/mol. The van der Waals surface area contributed by atoms with Crippen molar-refractivity contribution in [2.75, 3.05) is 13.1 Å². The Labute approximate surface area is 149 Å². The lowest BCUT2D eigenvalue weighted by Crippen LogP contribution is -2.40. The molecule has 1 aliphatic heterocycles. The fraction of sp³-hybridized carbons (Fsp3) is 0.579. The molecule has 6 nitrogen and oxygen atoms in total. The summed E-state index contributed by atoms with van der Waals surface area (Å²) in [6.07, 6.45) is 6.16. The lowest BCUT2D eigenvalue weighted by atomic mass is 9.89. The number of carbonyl (C=O) groups is 1. The molecule has 0 radical (unpaired) electrons. The Hall–Kier alpha value is -2.24. The van der Waals surface area contributed by atoms with Crippen LogP contribution in [0.25, 0.3) is 11.5 Å². The van der Waals surface area contributed by atoms with E-state index < -0.39 is 0 Å². The number of nitrogens with zero attached hydrogens (tertiary/aromatic N) is 4. The number of carbonyl (C=O) groups excluding carboxylic acids is 1. The minimum Gasteiger partial charge on any atom is -0.343 e. The van der Waals surface area contributed by atoms with Crippen molar-refractivity contribution in [1.29, 1.82) is 0 Å². The van der Waals surface area contributed by atoms with Crippen LogP contribution in [0.3, 0.4) is 0 Å². The molecule has 6 heteroatoms. The maximum absolute atomic E-state index is 12.6. The maximum atomic E-state index is 12.6. The molecule has 134 valence electrons. The predicted molar refractivity (Wildman–Crippen MR) is 97.0 cm³/mol. The number of aromatic nitrogens is 4. The quantitative estimate of drug-likeness (QED) is 0.929. The van der Waals surface area contributed by atoms with Crippen molar-refractivity contribution in [3.05, 3.63) is 30.0 Å². The second-order valence-corrected chi connectivity index (χ2v) is 8.08. The van der Waals surface area contributed by atoms with Crippen LogP contribution in [-0.4, -0.2) is 43.8 Å². The summed E-state index contributed by atoms with van der Waals surface area (Å²) >= 11 is 0. The van der Waals surface area contributed by atoms with Crippen LogP contribution >= 0.6 is 0 Å². The summed E-state index contributed by atoms with van der Waals surface area (Å²) in [5.41, 5.74) is 1.83. The second kappa shape index (κ2) is 6.94. The van der Waals surface area contributed by atoms with E-state index in [1.807, 2.05) is 17.9 Å². The van der Waals surface area contributed by atoms with E-state index >= 15 is 0 Å². The number of aryl methyl sites for hydroxylation is 1. The molecule has 3 heterocycles. The van der Waals surface area contributed by atoms with Crippen molar-refractivity contribution in [1.82, 2.24) is 24.8 Å².